The van der Waals surface area contributed by atoms with E-state index in [0.29, 0.717) is 23.7 Å². The number of ether oxygens (including phenoxy) is 4. The number of methoxy groups -OCH3 is 3. The van der Waals surface area contributed by atoms with Gasteiger partial charge < -0.3 is 18.9 Å². The summed E-state index contributed by atoms with van der Waals surface area (Å²) in [5.41, 5.74) is 3.46. The number of benzene rings is 3. The van der Waals surface area contributed by atoms with Gasteiger partial charge in [-0.3, -0.25) is 0 Å². The number of amides is 1. The maximum atomic E-state index is 13.1. The van der Waals surface area contributed by atoms with Crippen molar-refractivity contribution in [1.29, 1.82) is 0 Å². The summed E-state index contributed by atoms with van der Waals surface area (Å²) in [6.07, 6.45) is -0.00755. The Kier molecular flexibility index (Phi) is 6.78. The number of nitrogens with zero attached hydrogens (tertiary/aromatic N) is 2. The zero-order valence-electron chi connectivity index (χ0n) is 18.9. The van der Waals surface area contributed by atoms with E-state index >= 15 is 0 Å². The van der Waals surface area contributed by atoms with Crippen LogP contribution in [-0.2, 0) is 11.3 Å². The highest BCUT2D eigenvalue weighted by Crippen LogP contribution is 2.43. The minimum Gasteiger partial charge on any atom is -0.493 e. The van der Waals surface area contributed by atoms with E-state index < -0.39 is 12.1 Å². The molecule has 0 N–H and O–H groups in total. The Balaban J connectivity index is 1.67. The summed E-state index contributed by atoms with van der Waals surface area (Å²) in [6, 6.07) is 22.6. The summed E-state index contributed by atoms with van der Waals surface area (Å²) in [4.78, 5) is 13.1. The van der Waals surface area contributed by atoms with Crippen molar-refractivity contribution in [2.75, 3.05) is 21.3 Å². The first-order chi connectivity index (χ1) is 16.1. The summed E-state index contributed by atoms with van der Waals surface area (Å²) in [7, 11) is 4.68. The Morgan fingerprint density at radius 3 is 2.09 bits per heavy atom. The van der Waals surface area contributed by atoms with Gasteiger partial charge in [0.05, 0.1) is 33.1 Å². The van der Waals surface area contributed by atoms with Crippen LogP contribution in [0.1, 0.15) is 29.2 Å². The largest absolute Gasteiger partial charge is 0.493 e. The van der Waals surface area contributed by atoms with E-state index in [1.807, 2.05) is 72.8 Å². The molecular formula is C26H26N2O5. The molecule has 0 bridgehead atoms. The molecule has 7 heteroatoms. The van der Waals surface area contributed by atoms with E-state index in [-0.39, 0.29) is 6.61 Å². The predicted octanol–water partition coefficient (Wildman–Crippen LogP) is 5.20. The molecule has 1 atom stereocenters. The van der Waals surface area contributed by atoms with Crippen LogP contribution in [0.15, 0.2) is 77.9 Å². The van der Waals surface area contributed by atoms with Crippen LogP contribution in [0.25, 0.3) is 0 Å². The minimum absolute atomic E-state index is 0.161. The first-order valence-corrected chi connectivity index (χ1v) is 10.6. The minimum atomic E-state index is -0.525. The average molecular weight is 447 g/mol. The second kappa shape index (κ2) is 10.1. The molecule has 33 heavy (non-hydrogen) atoms. The lowest BCUT2D eigenvalue weighted by Gasteiger charge is -2.23. The Labute approximate surface area is 193 Å². The van der Waals surface area contributed by atoms with Crippen LogP contribution < -0.4 is 14.2 Å². The molecule has 0 aromatic heterocycles. The lowest BCUT2D eigenvalue weighted by molar-refractivity contribution is 0.0870. The highest BCUT2D eigenvalue weighted by atomic mass is 16.6. The van der Waals surface area contributed by atoms with Crippen molar-refractivity contribution < 1.29 is 23.7 Å². The van der Waals surface area contributed by atoms with Crippen LogP contribution >= 0.6 is 0 Å². The van der Waals surface area contributed by atoms with Crippen molar-refractivity contribution in [3.63, 3.8) is 0 Å². The van der Waals surface area contributed by atoms with Crippen LogP contribution in [0, 0.1) is 0 Å². The first kappa shape index (κ1) is 22.2. The van der Waals surface area contributed by atoms with Crippen molar-refractivity contribution in [2.45, 2.75) is 19.1 Å². The molecule has 0 saturated heterocycles. The zero-order chi connectivity index (χ0) is 23.2. The van der Waals surface area contributed by atoms with Gasteiger partial charge in [-0.25, -0.2) is 4.79 Å². The Morgan fingerprint density at radius 2 is 1.52 bits per heavy atom. The Morgan fingerprint density at radius 1 is 0.909 bits per heavy atom. The average Bonchev–Trinajstić information content (AvgIpc) is 3.33. The van der Waals surface area contributed by atoms with Crippen molar-refractivity contribution in [3.05, 3.63) is 89.5 Å². The SMILES string of the molecule is COc1cc(C2CC(c3ccccc3)=NN2C(=O)OCc2ccccc2)cc(OC)c1OC. The van der Waals surface area contributed by atoms with Crippen LogP contribution in [0.4, 0.5) is 4.79 Å². The molecule has 3 aromatic carbocycles. The van der Waals surface area contributed by atoms with E-state index in [1.54, 1.807) is 21.3 Å². The lowest BCUT2D eigenvalue weighted by atomic mass is 9.98. The van der Waals surface area contributed by atoms with E-state index in [2.05, 4.69) is 5.10 Å². The van der Waals surface area contributed by atoms with E-state index in [4.69, 9.17) is 18.9 Å². The quantitative estimate of drug-likeness (QED) is 0.499. The molecule has 1 aliphatic heterocycles. The molecule has 1 aliphatic rings. The molecule has 1 amide bonds. The third-order valence-corrected chi connectivity index (χ3v) is 5.48. The molecule has 3 aromatic rings. The number of carbonyl (C=O) groups excluding carboxylic acids is 1. The van der Waals surface area contributed by atoms with Gasteiger partial charge in [0.15, 0.2) is 11.5 Å². The standard InChI is InChI=1S/C26H26N2O5/c1-30-23-14-20(15-24(31-2)25(23)32-3)22-16-21(19-12-8-5-9-13-19)27-28(22)26(29)33-17-18-10-6-4-7-11-18/h4-15,22H,16-17H2,1-3H3. The molecule has 0 aliphatic carbocycles. The van der Waals surface area contributed by atoms with Crippen LogP contribution in [0.5, 0.6) is 17.2 Å². The number of rotatable bonds is 7. The molecule has 1 unspecified atom stereocenters. The van der Waals surface area contributed by atoms with Gasteiger partial charge in [-0.1, -0.05) is 60.7 Å². The van der Waals surface area contributed by atoms with Crippen LogP contribution in [0.3, 0.4) is 0 Å². The van der Waals surface area contributed by atoms with Gasteiger partial charge in [0.1, 0.15) is 6.61 Å². The topological polar surface area (TPSA) is 69.6 Å². The zero-order valence-corrected chi connectivity index (χ0v) is 18.9. The summed E-state index contributed by atoms with van der Waals surface area (Å²) in [5.74, 6) is 1.51. The third kappa shape index (κ3) is 4.77. The Hall–Kier alpha value is -4.00. The second-order valence-electron chi connectivity index (χ2n) is 7.48. The highest BCUT2D eigenvalue weighted by Gasteiger charge is 2.35. The molecule has 0 fully saturated rings. The van der Waals surface area contributed by atoms with E-state index in [0.717, 1.165) is 22.4 Å². The fourth-order valence-corrected chi connectivity index (χ4v) is 3.82. The molecule has 4 rings (SSSR count). The van der Waals surface area contributed by atoms with Crippen molar-refractivity contribution in [3.8, 4) is 17.2 Å². The molecular weight excluding hydrogens is 420 g/mol. The first-order valence-electron chi connectivity index (χ1n) is 10.6. The van der Waals surface area contributed by atoms with Crippen LogP contribution in [-0.4, -0.2) is 38.1 Å². The number of hydrogen-bond acceptors (Lipinski definition) is 6. The van der Waals surface area contributed by atoms with Gasteiger partial charge in [0, 0.05) is 6.42 Å². The summed E-state index contributed by atoms with van der Waals surface area (Å²) in [5, 5.41) is 6.04. The number of carbonyl (C=O) groups is 1. The normalized spacial score (nSPS) is 15.1. The van der Waals surface area contributed by atoms with Gasteiger partial charge in [-0.2, -0.15) is 10.1 Å². The van der Waals surface area contributed by atoms with E-state index in [9.17, 15) is 4.79 Å². The maximum Gasteiger partial charge on any atom is 0.431 e. The molecule has 7 nitrogen and oxygen atoms in total. The third-order valence-electron chi connectivity index (χ3n) is 5.48. The summed E-state index contributed by atoms with van der Waals surface area (Å²) in [6.45, 7) is 0.161. The summed E-state index contributed by atoms with van der Waals surface area (Å²) < 4.78 is 22.1. The summed E-state index contributed by atoms with van der Waals surface area (Å²) >= 11 is 0. The Bertz CT molecular complexity index is 1110. The van der Waals surface area contributed by atoms with E-state index in [1.165, 1.54) is 5.01 Å². The fourth-order valence-electron chi connectivity index (χ4n) is 3.82. The monoisotopic (exact) mass is 446 g/mol. The molecule has 0 spiro atoms. The van der Waals surface area contributed by atoms with Crippen molar-refractivity contribution in [2.24, 2.45) is 5.10 Å². The highest BCUT2D eigenvalue weighted by molar-refractivity contribution is 6.02. The predicted molar refractivity (Wildman–Crippen MR) is 125 cm³/mol. The number of hydrogen-bond donors (Lipinski definition) is 0. The van der Waals surface area contributed by atoms with Crippen molar-refractivity contribution in [1.82, 2.24) is 5.01 Å². The second-order valence-corrected chi connectivity index (χ2v) is 7.48. The smallest absolute Gasteiger partial charge is 0.431 e. The lowest BCUT2D eigenvalue weighted by Crippen LogP contribution is -2.27. The molecule has 0 saturated carbocycles. The van der Waals surface area contributed by atoms with Crippen molar-refractivity contribution >= 4 is 11.8 Å². The maximum absolute atomic E-state index is 13.1. The van der Waals surface area contributed by atoms with Gasteiger partial charge >= 0.3 is 6.09 Å². The van der Waals surface area contributed by atoms with Gasteiger partial charge in [0.2, 0.25) is 5.75 Å². The fraction of sp³-hybridized carbons (Fsp3) is 0.231. The molecule has 1 heterocycles. The molecule has 0 radical (unpaired) electrons. The van der Waals surface area contributed by atoms with Gasteiger partial charge in [-0.15, -0.1) is 0 Å². The van der Waals surface area contributed by atoms with Gasteiger partial charge in [0.25, 0.3) is 0 Å². The van der Waals surface area contributed by atoms with Crippen LogP contribution in [0.2, 0.25) is 0 Å². The number of hydrazone groups is 1. The molecule has 170 valence electrons. The van der Waals surface area contributed by atoms with Gasteiger partial charge in [-0.05, 0) is 28.8 Å².